The number of carboxylic acids is 2. The van der Waals surface area contributed by atoms with Gasteiger partial charge >= 0.3 is 5.97 Å². The number of amides is 1. The number of aromatic carboxylic acids is 2. The highest BCUT2D eigenvalue weighted by Gasteiger charge is 2.18. The smallest absolute Gasteiger partial charge is 0.352 e. The van der Waals surface area contributed by atoms with Crippen molar-refractivity contribution in [2.24, 2.45) is 0 Å². The molecule has 0 bridgehead atoms. The summed E-state index contributed by atoms with van der Waals surface area (Å²) in [5, 5.41) is 23.7. The van der Waals surface area contributed by atoms with Crippen LogP contribution in [0.1, 0.15) is 26.4 Å². The van der Waals surface area contributed by atoms with Crippen LogP contribution in [0.4, 0.5) is 5.69 Å². The first-order valence-corrected chi connectivity index (χ1v) is 8.56. The molecule has 7 nitrogen and oxygen atoms in total. The van der Waals surface area contributed by atoms with Crippen molar-refractivity contribution in [2.75, 3.05) is 5.32 Å². The largest absolute Gasteiger partial charge is 0.545 e. The van der Waals surface area contributed by atoms with Crippen molar-refractivity contribution in [3.63, 3.8) is 0 Å². The van der Waals surface area contributed by atoms with Gasteiger partial charge in [-0.2, -0.15) is 0 Å². The number of carbonyl (C=O) groups excluding carboxylic acids is 2. The maximum Gasteiger partial charge on any atom is 0.352 e. The summed E-state index contributed by atoms with van der Waals surface area (Å²) in [5.74, 6) is -3.09. The summed E-state index contributed by atoms with van der Waals surface area (Å²) >= 11 is 12.1. The minimum atomic E-state index is -1.32. The van der Waals surface area contributed by atoms with Crippen LogP contribution in [-0.2, 0) is 4.79 Å². The van der Waals surface area contributed by atoms with E-state index in [2.05, 4.69) is 10.3 Å². The van der Waals surface area contributed by atoms with Gasteiger partial charge in [-0.3, -0.25) is 4.79 Å². The molecule has 1 aromatic heterocycles. The monoisotopic (exact) mass is 417 g/mol. The lowest BCUT2D eigenvalue weighted by molar-refractivity contribution is -0.255. The van der Waals surface area contributed by atoms with Gasteiger partial charge in [0, 0.05) is 33.3 Å². The van der Waals surface area contributed by atoms with E-state index in [1.807, 2.05) is 0 Å². The van der Waals surface area contributed by atoms with E-state index in [0.29, 0.717) is 21.6 Å². The maximum absolute atomic E-state index is 12.1. The highest BCUT2D eigenvalue weighted by atomic mass is 35.5. The van der Waals surface area contributed by atoms with Crippen LogP contribution in [0, 0.1) is 0 Å². The van der Waals surface area contributed by atoms with Crippen LogP contribution in [0.2, 0.25) is 10.0 Å². The number of H-pyrrole nitrogens is 1. The molecule has 3 aromatic rings. The second-order valence-corrected chi connectivity index (χ2v) is 6.56. The zero-order chi connectivity index (χ0) is 20.4. The van der Waals surface area contributed by atoms with E-state index in [0.717, 1.165) is 6.08 Å². The first kappa shape index (κ1) is 19.5. The molecule has 0 aliphatic carbocycles. The van der Waals surface area contributed by atoms with Crippen molar-refractivity contribution < 1.29 is 24.6 Å². The first-order valence-electron chi connectivity index (χ1n) is 7.80. The van der Waals surface area contributed by atoms with Crippen LogP contribution in [0.3, 0.4) is 0 Å². The molecular weight excluding hydrogens is 407 g/mol. The van der Waals surface area contributed by atoms with Gasteiger partial charge in [0.25, 0.3) is 0 Å². The zero-order valence-electron chi connectivity index (χ0n) is 14.0. The average Bonchev–Trinajstić information content (AvgIpc) is 2.99. The lowest BCUT2D eigenvalue weighted by atomic mass is 10.1. The lowest BCUT2D eigenvalue weighted by Gasteiger charge is -2.05. The minimum absolute atomic E-state index is 0.0215. The normalized spacial score (nSPS) is 11.1. The molecule has 9 heteroatoms. The van der Waals surface area contributed by atoms with E-state index in [4.69, 9.17) is 23.2 Å². The van der Waals surface area contributed by atoms with Gasteiger partial charge in [-0.1, -0.05) is 35.3 Å². The van der Waals surface area contributed by atoms with Gasteiger partial charge in [-0.15, -0.1) is 0 Å². The molecule has 0 fully saturated rings. The van der Waals surface area contributed by atoms with E-state index < -0.39 is 17.8 Å². The molecule has 0 saturated carbocycles. The molecule has 0 unspecified atom stereocenters. The molecule has 142 valence electrons. The first-order chi connectivity index (χ1) is 13.3. The summed E-state index contributed by atoms with van der Waals surface area (Å²) in [7, 11) is 0. The van der Waals surface area contributed by atoms with E-state index in [9.17, 15) is 24.6 Å². The van der Waals surface area contributed by atoms with Gasteiger partial charge in [-0.05, 0) is 35.9 Å². The topological polar surface area (TPSA) is 122 Å². The number of nitrogens with one attached hydrogen (secondary N) is 2. The fourth-order valence-corrected chi connectivity index (χ4v) is 3.24. The number of benzene rings is 2. The standard InChI is InChI=1S/C19H12Cl2N2O5/c20-10-7-13(21)16-12(17(19(27)28)23-14(16)8-10)5-6-15(24)22-11-3-1-9(2-4-11)18(25)26/h1-8,23H,(H,22,24)(H,25,26)(H,27,28)/p-1/b6-5+. The van der Waals surface area contributed by atoms with E-state index in [1.54, 1.807) is 0 Å². The molecule has 0 aliphatic heterocycles. The SMILES string of the molecule is O=C(/C=C/c1c(C(=O)O)[nH]c2cc(Cl)cc(Cl)c12)Nc1ccc(C(=O)[O-])cc1. The minimum Gasteiger partial charge on any atom is -0.545 e. The summed E-state index contributed by atoms with van der Waals surface area (Å²) in [5.41, 5.74) is 0.856. The molecule has 28 heavy (non-hydrogen) atoms. The summed E-state index contributed by atoms with van der Waals surface area (Å²) in [4.78, 5) is 37.1. The predicted octanol–water partition coefficient (Wildman–Crippen LogP) is 3.19. The number of rotatable bonds is 5. The van der Waals surface area contributed by atoms with Crippen LogP contribution in [-0.4, -0.2) is 27.9 Å². The Kier molecular flexibility index (Phi) is 5.39. The van der Waals surface area contributed by atoms with Crippen LogP contribution < -0.4 is 10.4 Å². The number of hydrogen-bond acceptors (Lipinski definition) is 4. The van der Waals surface area contributed by atoms with Crippen molar-refractivity contribution >= 4 is 63.7 Å². The fourth-order valence-electron chi connectivity index (χ4n) is 2.64. The fraction of sp³-hybridized carbons (Fsp3) is 0. The Labute approximate surface area is 168 Å². The van der Waals surface area contributed by atoms with E-state index in [1.165, 1.54) is 42.5 Å². The van der Waals surface area contributed by atoms with E-state index in [-0.39, 0.29) is 21.8 Å². The Morgan fingerprint density at radius 1 is 1.11 bits per heavy atom. The number of anilines is 1. The Morgan fingerprint density at radius 3 is 2.39 bits per heavy atom. The summed E-state index contributed by atoms with van der Waals surface area (Å²) < 4.78 is 0. The number of fused-ring (bicyclic) bond motifs is 1. The van der Waals surface area contributed by atoms with Crippen molar-refractivity contribution in [1.82, 2.24) is 4.98 Å². The van der Waals surface area contributed by atoms with E-state index >= 15 is 0 Å². The second kappa shape index (κ2) is 7.75. The van der Waals surface area contributed by atoms with Gasteiger partial charge in [0.2, 0.25) is 5.91 Å². The summed E-state index contributed by atoms with van der Waals surface area (Å²) in [6.45, 7) is 0. The third-order valence-corrected chi connectivity index (χ3v) is 4.37. The molecule has 1 amide bonds. The highest BCUT2D eigenvalue weighted by Crippen LogP contribution is 2.33. The van der Waals surface area contributed by atoms with Crippen molar-refractivity contribution in [3.8, 4) is 0 Å². The highest BCUT2D eigenvalue weighted by molar-refractivity contribution is 6.39. The molecule has 0 saturated heterocycles. The van der Waals surface area contributed by atoms with Gasteiger partial charge in [0.1, 0.15) is 5.69 Å². The predicted molar refractivity (Wildman–Crippen MR) is 104 cm³/mol. The number of hydrogen-bond donors (Lipinski definition) is 3. The Bertz CT molecular complexity index is 1130. The Morgan fingerprint density at radius 2 is 1.79 bits per heavy atom. The molecule has 3 rings (SSSR count). The molecule has 0 aliphatic rings. The maximum atomic E-state index is 12.1. The number of halogens is 2. The Hall–Kier alpha value is -3.29. The van der Waals surface area contributed by atoms with Gasteiger partial charge in [0.15, 0.2) is 0 Å². The van der Waals surface area contributed by atoms with Crippen molar-refractivity contribution in [1.29, 1.82) is 0 Å². The zero-order valence-corrected chi connectivity index (χ0v) is 15.5. The number of aromatic amines is 1. The third kappa shape index (κ3) is 4.00. The number of carbonyl (C=O) groups is 3. The van der Waals surface area contributed by atoms with Crippen LogP contribution >= 0.6 is 23.2 Å². The second-order valence-electron chi connectivity index (χ2n) is 5.72. The van der Waals surface area contributed by atoms with Crippen molar-refractivity contribution in [3.05, 3.63) is 69.3 Å². The molecule has 1 heterocycles. The summed E-state index contributed by atoms with van der Waals surface area (Å²) in [6, 6.07) is 8.40. The number of carboxylic acid groups (broad SMARTS) is 2. The van der Waals surface area contributed by atoms with Crippen molar-refractivity contribution in [2.45, 2.75) is 0 Å². The third-order valence-electron chi connectivity index (χ3n) is 3.86. The van der Waals surface area contributed by atoms with Gasteiger partial charge < -0.3 is 25.3 Å². The summed E-state index contributed by atoms with van der Waals surface area (Å²) in [6.07, 6.45) is 2.47. The molecule has 3 N–H and O–H groups in total. The molecule has 0 radical (unpaired) electrons. The van der Waals surface area contributed by atoms with Gasteiger partial charge in [-0.25, -0.2) is 4.79 Å². The molecule has 0 spiro atoms. The van der Waals surface area contributed by atoms with Gasteiger partial charge in [0.05, 0.1) is 11.0 Å². The Balaban J connectivity index is 1.89. The molecular formula is C19H11Cl2N2O5-. The van der Waals surface area contributed by atoms with Crippen LogP contribution in [0.15, 0.2) is 42.5 Å². The van der Waals surface area contributed by atoms with Crippen LogP contribution in [0.5, 0.6) is 0 Å². The number of aromatic nitrogens is 1. The molecule has 2 aromatic carbocycles. The average molecular weight is 418 g/mol. The molecule has 0 atom stereocenters. The van der Waals surface area contributed by atoms with Crippen LogP contribution in [0.25, 0.3) is 17.0 Å². The lowest BCUT2D eigenvalue weighted by Crippen LogP contribution is -2.22. The quantitative estimate of drug-likeness (QED) is 0.550.